The normalized spacial score (nSPS) is 22.7. The van der Waals surface area contributed by atoms with E-state index < -0.39 is 5.54 Å². The van der Waals surface area contributed by atoms with Crippen LogP contribution in [0.3, 0.4) is 0 Å². The molecule has 4 nitrogen and oxygen atoms in total. The summed E-state index contributed by atoms with van der Waals surface area (Å²) >= 11 is 0. The lowest BCUT2D eigenvalue weighted by Crippen LogP contribution is -2.50. The average molecular weight is 284 g/mol. The zero-order valence-electron chi connectivity index (χ0n) is 13.7. The lowest BCUT2D eigenvalue weighted by Gasteiger charge is -2.28. The van der Waals surface area contributed by atoms with Gasteiger partial charge < -0.3 is 15.0 Å². The number of nitrogens with zero attached hydrogens (tertiary/aromatic N) is 1. The van der Waals surface area contributed by atoms with Crippen LogP contribution in [-0.2, 0) is 9.53 Å². The largest absolute Gasteiger partial charge is 0.465 e. The van der Waals surface area contributed by atoms with Gasteiger partial charge in [0.25, 0.3) is 0 Å². The number of nitrogens with one attached hydrogen (secondary N) is 1. The Kier molecular flexibility index (Phi) is 7.52. The van der Waals surface area contributed by atoms with E-state index in [9.17, 15) is 4.79 Å². The van der Waals surface area contributed by atoms with Crippen LogP contribution in [0.1, 0.15) is 59.8 Å². The molecule has 0 aromatic carbocycles. The number of rotatable bonds is 9. The van der Waals surface area contributed by atoms with Crippen molar-refractivity contribution in [2.45, 2.75) is 71.4 Å². The molecule has 0 saturated carbocycles. The molecule has 1 aliphatic rings. The van der Waals surface area contributed by atoms with Gasteiger partial charge in [0.05, 0.1) is 6.61 Å². The van der Waals surface area contributed by atoms with Gasteiger partial charge >= 0.3 is 5.97 Å². The van der Waals surface area contributed by atoms with Crippen LogP contribution in [-0.4, -0.2) is 48.7 Å². The first-order valence-electron chi connectivity index (χ1n) is 8.19. The maximum absolute atomic E-state index is 12.1. The second-order valence-electron chi connectivity index (χ2n) is 6.07. The summed E-state index contributed by atoms with van der Waals surface area (Å²) in [6.45, 7) is 11.8. The highest BCUT2D eigenvalue weighted by molar-refractivity contribution is 5.80. The Morgan fingerprint density at radius 2 is 2.15 bits per heavy atom. The first-order valence-corrected chi connectivity index (χ1v) is 8.19. The van der Waals surface area contributed by atoms with Crippen molar-refractivity contribution in [2.75, 3.05) is 26.2 Å². The molecule has 1 saturated heterocycles. The second-order valence-corrected chi connectivity index (χ2v) is 6.07. The number of unbranched alkanes of at least 4 members (excludes halogenated alkanes) is 1. The van der Waals surface area contributed by atoms with Crippen LogP contribution in [0.5, 0.6) is 0 Å². The Labute approximate surface area is 124 Å². The number of likely N-dealkylation sites (N-methyl/N-ethyl adjacent to an activating group) is 1. The molecule has 0 bridgehead atoms. The monoisotopic (exact) mass is 284 g/mol. The fraction of sp³-hybridized carbons (Fsp3) is 0.938. The van der Waals surface area contributed by atoms with Gasteiger partial charge in [0.15, 0.2) is 0 Å². The maximum Gasteiger partial charge on any atom is 0.326 e. The van der Waals surface area contributed by atoms with Crippen molar-refractivity contribution in [3.63, 3.8) is 0 Å². The molecule has 1 aliphatic heterocycles. The van der Waals surface area contributed by atoms with Gasteiger partial charge in [-0.25, -0.2) is 0 Å². The number of likely N-dealkylation sites (tertiary alicyclic amines) is 1. The topological polar surface area (TPSA) is 41.6 Å². The van der Waals surface area contributed by atoms with E-state index in [2.05, 4.69) is 17.1 Å². The van der Waals surface area contributed by atoms with Gasteiger partial charge in [-0.3, -0.25) is 4.79 Å². The van der Waals surface area contributed by atoms with Crippen LogP contribution in [0.4, 0.5) is 0 Å². The molecule has 0 radical (unpaired) electrons. The van der Waals surface area contributed by atoms with Crippen LogP contribution in [0.2, 0.25) is 0 Å². The van der Waals surface area contributed by atoms with Crippen molar-refractivity contribution < 1.29 is 9.53 Å². The molecular formula is C16H32N2O2. The molecule has 2 unspecified atom stereocenters. The average Bonchev–Trinajstić information content (AvgIpc) is 2.81. The van der Waals surface area contributed by atoms with Gasteiger partial charge in [-0.2, -0.15) is 0 Å². The third-order valence-corrected chi connectivity index (χ3v) is 4.36. The smallest absolute Gasteiger partial charge is 0.326 e. The summed E-state index contributed by atoms with van der Waals surface area (Å²) in [7, 11) is 0. The van der Waals surface area contributed by atoms with Crippen LogP contribution >= 0.6 is 0 Å². The van der Waals surface area contributed by atoms with E-state index in [0.29, 0.717) is 6.61 Å². The lowest BCUT2D eigenvalue weighted by atomic mass is 9.94. The van der Waals surface area contributed by atoms with Crippen LogP contribution in [0.15, 0.2) is 0 Å². The van der Waals surface area contributed by atoms with Gasteiger partial charge in [-0.1, -0.05) is 6.92 Å². The fourth-order valence-electron chi connectivity index (χ4n) is 3.06. The van der Waals surface area contributed by atoms with E-state index in [1.165, 1.54) is 19.4 Å². The molecule has 0 aromatic heterocycles. The molecule has 0 aromatic rings. The summed E-state index contributed by atoms with van der Waals surface area (Å²) in [5.74, 6) is -0.114. The Morgan fingerprint density at radius 3 is 2.70 bits per heavy atom. The maximum atomic E-state index is 12.1. The summed E-state index contributed by atoms with van der Waals surface area (Å²) in [6.07, 6.45) is 5.73. The zero-order valence-corrected chi connectivity index (χ0v) is 13.7. The molecule has 1 N–H and O–H groups in total. The molecule has 1 rings (SSSR count). The highest BCUT2D eigenvalue weighted by Crippen LogP contribution is 2.19. The summed E-state index contributed by atoms with van der Waals surface area (Å²) < 4.78 is 5.20. The predicted octanol–water partition coefficient (Wildman–Crippen LogP) is 2.57. The number of esters is 1. The van der Waals surface area contributed by atoms with E-state index in [-0.39, 0.29) is 5.97 Å². The molecule has 20 heavy (non-hydrogen) atoms. The molecule has 0 amide bonds. The standard InChI is InChI=1S/C16H32N2O2/c1-5-17-16(4,15(19)20-6-2)11-7-8-12-18-13-9-10-14(18)3/h14,17H,5-13H2,1-4H3. The van der Waals surface area contributed by atoms with Crippen LogP contribution < -0.4 is 5.32 Å². The summed E-state index contributed by atoms with van der Waals surface area (Å²) in [4.78, 5) is 14.6. The minimum absolute atomic E-state index is 0.114. The number of carbonyl (C=O) groups excluding carboxylic acids is 1. The molecule has 1 fully saturated rings. The van der Waals surface area contributed by atoms with Crippen molar-refractivity contribution >= 4 is 5.97 Å². The number of hydrogen-bond acceptors (Lipinski definition) is 4. The molecule has 0 aliphatic carbocycles. The summed E-state index contributed by atoms with van der Waals surface area (Å²) in [6, 6.07) is 0.736. The van der Waals surface area contributed by atoms with Crippen molar-refractivity contribution in [3.05, 3.63) is 0 Å². The lowest BCUT2D eigenvalue weighted by molar-refractivity contribution is -0.150. The molecular weight excluding hydrogens is 252 g/mol. The highest BCUT2D eigenvalue weighted by Gasteiger charge is 2.33. The Balaban J connectivity index is 2.33. The molecule has 118 valence electrons. The fourth-order valence-corrected chi connectivity index (χ4v) is 3.06. The Hall–Kier alpha value is -0.610. The highest BCUT2D eigenvalue weighted by atomic mass is 16.5. The van der Waals surface area contributed by atoms with Gasteiger partial charge in [0.2, 0.25) is 0 Å². The van der Waals surface area contributed by atoms with E-state index in [4.69, 9.17) is 4.74 Å². The first-order chi connectivity index (χ1) is 9.53. The number of ether oxygens (including phenoxy) is 1. The van der Waals surface area contributed by atoms with E-state index in [0.717, 1.165) is 38.4 Å². The van der Waals surface area contributed by atoms with Crippen molar-refractivity contribution in [1.82, 2.24) is 10.2 Å². The minimum Gasteiger partial charge on any atom is -0.465 e. The Morgan fingerprint density at radius 1 is 1.40 bits per heavy atom. The van der Waals surface area contributed by atoms with Crippen molar-refractivity contribution in [3.8, 4) is 0 Å². The Bertz CT molecular complexity index is 296. The van der Waals surface area contributed by atoms with Gasteiger partial charge in [0, 0.05) is 6.04 Å². The molecule has 0 spiro atoms. The van der Waals surface area contributed by atoms with Gasteiger partial charge in [-0.15, -0.1) is 0 Å². The molecule has 1 heterocycles. The predicted molar refractivity (Wildman–Crippen MR) is 82.8 cm³/mol. The van der Waals surface area contributed by atoms with Crippen molar-refractivity contribution in [1.29, 1.82) is 0 Å². The summed E-state index contributed by atoms with van der Waals surface area (Å²) in [5, 5.41) is 3.29. The number of carbonyl (C=O) groups is 1. The third kappa shape index (κ3) is 5.06. The first kappa shape index (κ1) is 17.4. The van der Waals surface area contributed by atoms with E-state index in [1.54, 1.807) is 0 Å². The minimum atomic E-state index is -0.526. The van der Waals surface area contributed by atoms with Crippen molar-refractivity contribution in [2.24, 2.45) is 0 Å². The molecule has 2 atom stereocenters. The SMILES string of the molecule is CCNC(C)(CCCCN1CCCC1C)C(=O)OCC. The zero-order chi connectivity index (χ0) is 15.0. The van der Waals surface area contributed by atoms with Crippen LogP contribution in [0.25, 0.3) is 0 Å². The number of hydrogen-bond donors (Lipinski definition) is 1. The van der Waals surface area contributed by atoms with Gasteiger partial charge in [0.1, 0.15) is 5.54 Å². The quantitative estimate of drug-likeness (QED) is 0.522. The van der Waals surface area contributed by atoms with Gasteiger partial charge in [-0.05, 0) is 72.5 Å². The van der Waals surface area contributed by atoms with Crippen LogP contribution in [0, 0.1) is 0 Å². The molecule has 4 heteroatoms. The summed E-state index contributed by atoms with van der Waals surface area (Å²) in [5.41, 5.74) is -0.526. The van der Waals surface area contributed by atoms with E-state index >= 15 is 0 Å². The van der Waals surface area contributed by atoms with E-state index in [1.807, 2.05) is 20.8 Å². The second kappa shape index (κ2) is 8.63. The third-order valence-electron chi connectivity index (χ3n) is 4.36.